The van der Waals surface area contributed by atoms with Crippen LogP contribution < -0.4 is 11.1 Å². The van der Waals surface area contributed by atoms with Gasteiger partial charge in [0.15, 0.2) is 0 Å². The Bertz CT molecular complexity index is 588. The van der Waals surface area contributed by atoms with Crippen LogP contribution >= 0.6 is 0 Å². The number of carbonyl (C=O) groups is 1. The SMILES string of the molecule is Nc1ccc(CC(=O)Nc2nnc(C3CC3)o2)nc1. The minimum absolute atomic E-state index is 0.140. The van der Waals surface area contributed by atoms with Gasteiger partial charge in [0.1, 0.15) is 0 Å². The number of carbonyl (C=O) groups excluding carboxylic acids is 1. The molecule has 1 amide bonds. The molecular weight excluding hydrogens is 246 g/mol. The molecule has 2 aromatic rings. The molecule has 1 aliphatic carbocycles. The predicted octanol–water partition coefficient (Wildman–Crippen LogP) is 1.11. The van der Waals surface area contributed by atoms with Crippen molar-refractivity contribution in [3.05, 3.63) is 29.9 Å². The van der Waals surface area contributed by atoms with E-state index < -0.39 is 0 Å². The molecule has 2 aromatic heterocycles. The summed E-state index contributed by atoms with van der Waals surface area (Å²) in [5.41, 5.74) is 6.72. The third kappa shape index (κ3) is 2.87. The highest BCUT2D eigenvalue weighted by molar-refractivity contribution is 5.89. The number of rotatable bonds is 4. The number of amides is 1. The molecule has 1 aliphatic rings. The highest BCUT2D eigenvalue weighted by Crippen LogP contribution is 2.39. The summed E-state index contributed by atoms with van der Waals surface area (Å²) in [5.74, 6) is 0.723. The van der Waals surface area contributed by atoms with Gasteiger partial charge in [-0.25, -0.2) is 0 Å². The van der Waals surface area contributed by atoms with Gasteiger partial charge in [0.05, 0.1) is 18.3 Å². The fourth-order valence-corrected chi connectivity index (χ4v) is 1.65. The molecule has 1 saturated carbocycles. The van der Waals surface area contributed by atoms with Crippen molar-refractivity contribution >= 4 is 17.6 Å². The number of nitrogen functional groups attached to an aromatic ring is 1. The third-order valence-corrected chi connectivity index (χ3v) is 2.80. The van der Waals surface area contributed by atoms with Crippen molar-refractivity contribution in [1.29, 1.82) is 0 Å². The maximum atomic E-state index is 11.8. The van der Waals surface area contributed by atoms with Gasteiger partial charge in [0.25, 0.3) is 0 Å². The Balaban J connectivity index is 1.59. The lowest BCUT2D eigenvalue weighted by molar-refractivity contribution is -0.115. The molecule has 0 unspecified atom stereocenters. The first-order valence-electron chi connectivity index (χ1n) is 6.04. The van der Waals surface area contributed by atoms with Gasteiger partial charge >= 0.3 is 6.01 Å². The summed E-state index contributed by atoms with van der Waals surface area (Å²) in [6.07, 6.45) is 3.80. The summed E-state index contributed by atoms with van der Waals surface area (Å²) in [6, 6.07) is 3.55. The van der Waals surface area contributed by atoms with Gasteiger partial charge in [-0.2, -0.15) is 0 Å². The largest absolute Gasteiger partial charge is 0.408 e. The van der Waals surface area contributed by atoms with E-state index in [-0.39, 0.29) is 18.3 Å². The summed E-state index contributed by atoms with van der Waals surface area (Å²) < 4.78 is 5.34. The van der Waals surface area contributed by atoms with Gasteiger partial charge in [-0.1, -0.05) is 5.10 Å². The molecule has 7 nitrogen and oxygen atoms in total. The molecule has 3 rings (SSSR count). The smallest absolute Gasteiger partial charge is 0.322 e. The molecule has 19 heavy (non-hydrogen) atoms. The number of nitrogens with two attached hydrogens (primary N) is 1. The Morgan fingerprint density at radius 1 is 1.42 bits per heavy atom. The van der Waals surface area contributed by atoms with Gasteiger partial charge in [-0.3, -0.25) is 15.1 Å². The lowest BCUT2D eigenvalue weighted by Crippen LogP contribution is -2.15. The molecule has 0 saturated heterocycles. The Labute approximate surface area is 109 Å². The number of hydrogen-bond acceptors (Lipinski definition) is 6. The minimum atomic E-state index is -0.247. The summed E-state index contributed by atoms with van der Waals surface area (Å²) in [7, 11) is 0. The lowest BCUT2D eigenvalue weighted by atomic mass is 10.2. The monoisotopic (exact) mass is 259 g/mol. The molecule has 0 atom stereocenters. The van der Waals surface area contributed by atoms with Crippen LogP contribution in [0.3, 0.4) is 0 Å². The van der Waals surface area contributed by atoms with Crippen LogP contribution in [0, 0.1) is 0 Å². The number of pyridine rings is 1. The highest BCUT2D eigenvalue weighted by Gasteiger charge is 2.29. The highest BCUT2D eigenvalue weighted by atomic mass is 16.4. The van der Waals surface area contributed by atoms with Crippen LogP contribution in [0.15, 0.2) is 22.7 Å². The number of nitrogens with zero attached hydrogens (tertiary/aromatic N) is 3. The molecule has 0 aromatic carbocycles. The van der Waals surface area contributed by atoms with Gasteiger partial charge in [0.2, 0.25) is 11.8 Å². The average molecular weight is 259 g/mol. The van der Waals surface area contributed by atoms with Crippen LogP contribution in [0.5, 0.6) is 0 Å². The number of nitrogens with one attached hydrogen (secondary N) is 1. The van der Waals surface area contributed by atoms with E-state index in [1.54, 1.807) is 12.1 Å². The average Bonchev–Trinajstić information content (AvgIpc) is 3.14. The topological polar surface area (TPSA) is 107 Å². The van der Waals surface area contributed by atoms with Crippen molar-refractivity contribution in [2.24, 2.45) is 0 Å². The van der Waals surface area contributed by atoms with E-state index in [4.69, 9.17) is 10.2 Å². The van der Waals surface area contributed by atoms with Crippen LogP contribution in [0.25, 0.3) is 0 Å². The van der Waals surface area contributed by atoms with Gasteiger partial charge in [-0.15, -0.1) is 5.10 Å². The van der Waals surface area contributed by atoms with Gasteiger partial charge in [-0.05, 0) is 25.0 Å². The molecule has 0 bridgehead atoms. The Morgan fingerprint density at radius 3 is 2.95 bits per heavy atom. The predicted molar refractivity (Wildman–Crippen MR) is 67.3 cm³/mol. The minimum Gasteiger partial charge on any atom is -0.408 e. The van der Waals surface area contributed by atoms with Gasteiger partial charge < -0.3 is 10.2 Å². The Kier molecular flexibility index (Phi) is 2.86. The number of hydrogen-bond donors (Lipinski definition) is 2. The lowest BCUT2D eigenvalue weighted by Gasteiger charge is -2.00. The normalized spacial score (nSPS) is 14.3. The van der Waals surface area contributed by atoms with Crippen LogP contribution in [-0.4, -0.2) is 21.1 Å². The fourth-order valence-electron chi connectivity index (χ4n) is 1.65. The molecule has 2 heterocycles. The Hall–Kier alpha value is -2.44. The number of aromatic nitrogens is 3. The molecule has 7 heteroatoms. The van der Waals surface area contributed by atoms with Crippen LogP contribution in [0.4, 0.5) is 11.7 Å². The molecule has 1 fully saturated rings. The second kappa shape index (κ2) is 4.68. The summed E-state index contributed by atoms with van der Waals surface area (Å²) >= 11 is 0. The number of anilines is 2. The van der Waals surface area contributed by atoms with Crippen molar-refractivity contribution in [3.63, 3.8) is 0 Å². The van der Waals surface area contributed by atoms with E-state index in [0.29, 0.717) is 23.2 Å². The summed E-state index contributed by atoms with van der Waals surface area (Å²) in [5, 5.41) is 10.2. The second-order valence-electron chi connectivity index (χ2n) is 4.53. The van der Waals surface area contributed by atoms with Crippen molar-refractivity contribution in [2.45, 2.75) is 25.2 Å². The van der Waals surface area contributed by atoms with Crippen LogP contribution in [-0.2, 0) is 11.2 Å². The quantitative estimate of drug-likeness (QED) is 0.851. The standard InChI is InChI=1S/C12H13N5O2/c13-8-3-4-9(14-6-8)5-10(18)15-12-17-16-11(19-12)7-1-2-7/h3-4,6-7H,1-2,5,13H2,(H,15,17,18). The van der Waals surface area contributed by atoms with Crippen LogP contribution in [0.1, 0.15) is 30.3 Å². The first-order valence-corrected chi connectivity index (χ1v) is 6.04. The van der Waals surface area contributed by atoms with E-state index in [1.807, 2.05) is 0 Å². The maximum absolute atomic E-state index is 11.8. The zero-order valence-electron chi connectivity index (χ0n) is 10.2. The van der Waals surface area contributed by atoms with E-state index in [2.05, 4.69) is 20.5 Å². The zero-order chi connectivity index (χ0) is 13.2. The maximum Gasteiger partial charge on any atom is 0.322 e. The first kappa shape index (κ1) is 11.6. The molecule has 98 valence electrons. The Morgan fingerprint density at radius 2 is 2.26 bits per heavy atom. The summed E-state index contributed by atoms with van der Waals surface area (Å²) in [4.78, 5) is 15.8. The molecule has 3 N–H and O–H groups in total. The van der Waals surface area contributed by atoms with E-state index >= 15 is 0 Å². The van der Waals surface area contributed by atoms with Gasteiger partial charge in [0, 0.05) is 11.6 Å². The van der Waals surface area contributed by atoms with E-state index in [0.717, 1.165) is 12.8 Å². The second-order valence-corrected chi connectivity index (χ2v) is 4.53. The summed E-state index contributed by atoms with van der Waals surface area (Å²) in [6.45, 7) is 0. The molecule has 0 aliphatic heterocycles. The van der Waals surface area contributed by atoms with Crippen molar-refractivity contribution < 1.29 is 9.21 Å². The molecule has 0 spiro atoms. The van der Waals surface area contributed by atoms with Crippen molar-refractivity contribution in [1.82, 2.24) is 15.2 Å². The van der Waals surface area contributed by atoms with E-state index in [1.165, 1.54) is 6.20 Å². The zero-order valence-corrected chi connectivity index (χ0v) is 10.2. The first-order chi connectivity index (χ1) is 9.20. The van der Waals surface area contributed by atoms with Crippen LogP contribution in [0.2, 0.25) is 0 Å². The van der Waals surface area contributed by atoms with E-state index in [9.17, 15) is 4.79 Å². The van der Waals surface area contributed by atoms with Crippen molar-refractivity contribution in [2.75, 3.05) is 11.1 Å². The third-order valence-electron chi connectivity index (χ3n) is 2.80. The molecule has 0 radical (unpaired) electrons. The fraction of sp³-hybridized carbons (Fsp3) is 0.333. The molecular formula is C12H13N5O2. The van der Waals surface area contributed by atoms with Crippen molar-refractivity contribution in [3.8, 4) is 0 Å².